The van der Waals surface area contributed by atoms with Crippen LogP contribution in [-0.2, 0) is 6.42 Å². The molecule has 0 atom stereocenters. The van der Waals surface area contributed by atoms with E-state index in [4.69, 9.17) is 18.0 Å². The third-order valence-corrected chi connectivity index (χ3v) is 2.59. The van der Waals surface area contributed by atoms with Crippen LogP contribution in [-0.4, -0.2) is 26.1 Å². The molecule has 0 saturated carbocycles. The Morgan fingerprint density at radius 2 is 2.11 bits per heavy atom. The van der Waals surface area contributed by atoms with Gasteiger partial charge in [-0.05, 0) is 18.1 Å². The number of nitrogens with zero attached hydrogens (tertiary/aromatic N) is 1. The Hall–Kier alpha value is -0.930. The molecule has 0 aromatic heterocycles. The average Bonchev–Trinajstić information content (AvgIpc) is 2.35. The maximum Gasteiger partial charge on any atom is 0.191 e. The van der Waals surface area contributed by atoms with Crippen LogP contribution in [0.4, 0.5) is 0 Å². The predicted molar refractivity (Wildman–Crippen MR) is 88.8 cm³/mol. The molecule has 0 saturated heterocycles. The normalized spacial score (nSPS) is 10.2. The molecule has 0 aliphatic heterocycles. The summed E-state index contributed by atoms with van der Waals surface area (Å²) in [6, 6.07) is 7.81. The SMILES string of the molecule is C#CCNC(=NC)NCCc1ccccc1Cl.I. The van der Waals surface area contributed by atoms with Crippen LogP contribution in [0.5, 0.6) is 0 Å². The highest BCUT2D eigenvalue weighted by Gasteiger charge is 1.99. The minimum absolute atomic E-state index is 0. The second-order valence-corrected chi connectivity index (χ2v) is 3.81. The molecule has 1 aromatic rings. The van der Waals surface area contributed by atoms with E-state index in [1.807, 2.05) is 24.3 Å². The first-order chi connectivity index (χ1) is 8.27. The Bertz CT molecular complexity index is 426. The summed E-state index contributed by atoms with van der Waals surface area (Å²) in [4.78, 5) is 4.05. The lowest BCUT2D eigenvalue weighted by Crippen LogP contribution is -2.38. The van der Waals surface area contributed by atoms with Gasteiger partial charge in [-0.25, -0.2) is 0 Å². The minimum Gasteiger partial charge on any atom is -0.356 e. The van der Waals surface area contributed by atoms with Crippen molar-refractivity contribution in [1.82, 2.24) is 10.6 Å². The van der Waals surface area contributed by atoms with Crippen LogP contribution in [0.1, 0.15) is 5.56 Å². The van der Waals surface area contributed by atoms with E-state index < -0.39 is 0 Å². The van der Waals surface area contributed by atoms with Crippen LogP contribution in [0, 0.1) is 12.3 Å². The van der Waals surface area contributed by atoms with Gasteiger partial charge in [-0.2, -0.15) is 0 Å². The molecule has 0 fully saturated rings. The van der Waals surface area contributed by atoms with Crippen LogP contribution < -0.4 is 10.6 Å². The molecule has 0 heterocycles. The van der Waals surface area contributed by atoms with Crippen molar-refractivity contribution in [2.24, 2.45) is 4.99 Å². The molecular formula is C13H17ClIN3. The second-order valence-electron chi connectivity index (χ2n) is 3.40. The number of rotatable bonds is 4. The van der Waals surface area contributed by atoms with Crippen LogP contribution in [0.15, 0.2) is 29.3 Å². The van der Waals surface area contributed by atoms with Gasteiger partial charge in [0.05, 0.1) is 6.54 Å². The molecule has 98 valence electrons. The van der Waals surface area contributed by atoms with Crippen molar-refractivity contribution in [3.05, 3.63) is 34.9 Å². The topological polar surface area (TPSA) is 36.4 Å². The van der Waals surface area contributed by atoms with E-state index >= 15 is 0 Å². The fraction of sp³-hybridized carbons (Fsp3) is 0.308. The molecule has 3 nitrogen and oxygen atoms in total. The van der Waals surface area contributed by atoms with Crippen molar-refractivity contribution in [1.29, 1.82) is 0 Å². The van der Waals surface area contributed by atoms with Gasteiger partial charge < -0.3 is 10.6 Å². The standard InChI is InChI=1S/C13H16ClN3.HI/c1-3-9-16-13(15-2)17-10-8-11-6-4-5-7-12(11)14;/h1,4-7H,8-10H2,2H3,(H2,15,16,17);1H. The smallest absolute Gasteiger partial charge is 0.191 e. The summed E-state index contributed by atoms with van der Waals surface area (Å²) in [6.45, 7) is 1.22. The van der Waals surface area contributed by atoms with Crippen molar-refractivity contribution in [3.8, 4) is 12.3 Å². The molecule has 0 amide bonds. The zero-order valence-electron chi connectivity index (χ0n) is 10.2. The molecule has 2 N–H and O–H groups in total. The number of hydrogen-bond donors (Lipinski definition) is 2. The van der Waals surface area contributed by atoms with Crippen molar-refractivity contribution in [2.45, 2.75) is 6.42 Å². The van der Waals surface area contributed by atoms with Crippen LogP contribution in [0.25, 0.3) is 0 Å². The van der Waals surface area contributed by atoms with Gasteiger partial charge in [0.15, 0.2) is 5.96 Å². The number of aliphatic imine (C=N–C) groups is 1. The lowest BCUT2D eigenvalue weighted by atomic mass is 10.1. The van der Waals surface area contributed by atoms with Gasteiger partial charge in [0.25, 0.3) is 0 Å². The number of halogens is 2. The predicted octanol–water partition coefficient (Wildman–Crippen LogP) is 2.30. The highest BCUT2D eigenvalue weighted by Crippen LogP contribution is 2.14. The zero-order valence-corrected chi connectivity index (χ0v) is 13.3. The van der Waals surface area contributed by atoms with Crippen molar-refractivity contribution in [3.63, 3.8) is 0 Å². The Balaban J connectivity index is 0.00000289. The summed E-state index contributed by atoms with van der Waals surface area (Å²) in [5.74, 6) is 3.20. The average molecular weight is 378 g/mol. The third-order valence-electron chi connectivity index (χ3n) is 2.23. The quantitative estimate of drug-likeness (QED) is 0.366. The number of benzene rings is 1. The number of hydrogen-bond acceptors (Lipinski definition) is 1. The van der Waals surface area contributed by atoms with E-state index in [0.717, 1.165) is 23.6 Å². The first-order valence-electron chi connectivity index (χ1n) is 5.39. The molecule has 5 heteroatoms. The van der Waals surface area contributed by atoms with Crippen molar-refractivity contribution < 1.29 is 0 Å². The summed E-state index contributed by atoms with van der Waals surface area (Å²) >= 11 is 6.06. The summed E-state index contributed by atoms with van der Waals surface area (Å²) < 4.78 is 0. The number of guanidine groups is 1. The van der Waals surface area contributed by atoms with E-state index in [0.29, 0.717) is 12.5 Å². The molecule has 0 bridgehead atoms. The molecule has 0 unspecified atom stereocenters. The molecule has 0 aliphatic carbocycles. The second kappa shape index (κ2) is 10.0. The van der Waals surface area contributed by atoms with Gasteiger partial charge in [-0.1, -0.05) is 35.7 Å². The largest absolute Gasteiger partial charge is 0.356 e. The van der Waals surface area contributed by atoms with E-state index in [9.17, 15) is 0 Å². The Kier molecular flexibility index (Phi) is 9.52. The number of terminal acetylenes is 1. The molecule has 18 heavy (non-hydrogen) atoms. The van der Waals surface area contributed by atoms with Gasteiger partial charge >= 0.3 is 0 Å². The van der Waals surface area contributed by atoms with E-state index in [1.54, 1.807) is 7.05 Å². The molecule has 0 spiro atoms. The highest BCUT2D eigenvalue weighted by molar-refractivity contribution is 14.0. The van der Waals surface area contributed by atoms with E-state index in [1.165, 1.54) is 0 Å². The maximum atomic E-state index is 6.06. The Morgan fingerprint density at radius 1 is 1.39 bits per heavy atom. The first-order valence-corrected chi connectivity index (χ1v) is 5.77. The van der Waals surface area contributed by atoms with Gasteiger partial charge in [-0.15, -0.1) is 30.4 Å². The lowest BCUT2D eigenvalue weighted by Gasteiger charge is -2.10. The highest BCUT2D eigenvalue weighted by atomic mass is 127. The van der Waals surface area contributed by atoms with Crippen LogP contribution in [0.3, 0.4) is 0 Å². The summed E-state index contributed by atoms with van der Waals surface area (Å²) in [5, 5.41) is 6.95. The molecule has 1 rings (SSSR count). The molecular weight excluding hydrogens is 361 g/mol. The fourth-order valence-corrected chi connectivity index (χ4v) is 1.60. The van der Waals surface area contributed by atoms with Gasteiger partial charge in [-0.3, -0.25) is 4.99 Å². The Labute approximate surface area is 130 Å². The van der Waals surface area contributed by atoms with Crippen LogP contribution >= 0.6 is 35.6 Å². The van der Waals surface area contributed by atoms with Crippen molar-refractivity contribution >= 4 is 41.5 Å². The summed E-state index contributed by atoms with van der Waals surface area (Å²) in [5.41, 5.74) is 1.12. The van der Waals surface area contributed by atoms with Gasteiger partial charge in [0, 0.05) is 18.6 Å². The Morgan fingerprint density at radius 3 is 2.72 bits per heavy atom. The van der Waals surface area contributed by atoms with E-state index in [2.05, 4.69) is 21.5 Å². The third kappa shape index (κ3) is 6.12. The lowest BCUT2D eigenvalue weighted by molar-refractivity contribution is 0.824. The fourth-order valence-electron chi connectivity index (χ4n) is 1.37. The van der Waals surface area contributed by atoms with Crippen molar-refractivity contribution in [2.75, 3.05) is 20.1 Å². The molecule has 0 aliphatic rings. The maximum absolute atomic E-state index is 6.06. The number of nitrogens with one attached hydrogen (secondary N) is 2. The summed E-state index contributed by atoms with van der Waals surface area (Å²) in [7, 11) is 1.71. The zero-order chi connectivity index (χ0) is 12.5. The van der Waals surface area contributed by atoms with Gasteiger partial charge in [0.2, 0.25) is 0 Å². The molecule has 1 aromatic carbocycles. The molecule has 0 radical (unpaired) electrons. The van der Waals surface area contributed by atoms with Crippen LogP contribution in [0.2, 0.25) is 5.02 Å². The van der Waals surface area contributed by atoms with Gasteiger partial charge in [0.1, 0.15) is 0 Å². The first kappa shape index (κ1) is 17.1. The minimum atomic E-state index is 0. The monoisotopic (exact) mass is 377 g/mol. The van der Waals surface area contributed by atoms with E-state index in [-0.39, 0.29) is 24.0 Å². The summed E-state index contributed by atoms with van der Waals surface area (Å²) in [6.07, 6.45) is 6.00.